The molecule has 6 atom stereocenters. The number of nitrogens with one attached hydrogen (secondary N) is 1. The van der Waals surface area contributed by atoms with E-state index < -0.39 is 64.4 Å². The number of primary amides is 1. The number of amides is 1. The molecule has 0 aliphatic heterocycles. The Morgan fingerprint density at radius 3 is 2.44 bits per heavy atom. The maximum Gasteiger partial charge on any atom is 0.235 e. The van der Waals surface area contributed by atoms with Gasteiger partial charge in [0.2, 0.25) is 5.91 Å². The number of nitrogens with two attached hydrogens (primary N) is 1. The largest absolute Gasteiger partial charge is 0.507 e. The molecule has 194 valence electrons. The number of nitrogens with zero attached hydrogens (tertiary/aromatic N) is 1. The number of Topliss-reactive ketones (excluding diaryl/α,β-unsaturated/α-hetero) is 4. The molecule has 2 fully saturated rings. The molecule has 1 aromatic carbocycles. The molecular formula is C26H33N3O7. The molecule has 1 amide bonds. The second-order valence-corrected chi connectivity index (χ2v) is 10.9. The molecule has 10 nitrogen and oxygen atoms in total. The molecule has 0 heterocycles. The van der Waals surface area contributed by atoms with Crippen molar-refractivity contribution in [1.29, 1.82) is 0 Å². The summed E-state index contributed by atoms with van der Waals surface area (Å²) in [5, 5.41) is 25.5. The Morgan fingerprint density at radius 1 is 1.19 bits per heavy atom. The predicted octanol–water partition coefficient (Wildman–Crippen LogP) is -0.387. The van der Waals surface area contributed by atoms with E-state index >= 15 is 0 Å². The number of hydrogen-bond donors (Lipinski definition) is 4. The number of likely N-dealkylation sites (N-methyl/N-ethyl adjacent to an activating group) is 1. The van der Waals surface area contributed by atoms with E-state index in [1.807, 2.05) is 0 Å². The molecule has 3 unspecified atom stereocenters. The molecule has 0 spiro atoms. The summed E-state index contributed by atoms with van der Waals surface area (Å²) in [6.07, 6.45) is 0.303. The van der Waals surface area contributed by atoms with Crippen LogP contribution in [-0.4, -0.2) is 76.4 Å². The third-order valence-corrected chi connectivity index (χ3v) is 7.91. The number of phenols is 1. The highest BCUT2D eigenvalue weighted by atomic mass is 16.3. The second-order valence-electron chi connectivity index (χ2n) is 10.9. The van der Waals surface area contributed by atoms with Gasteiger partial charge in [-0.05, 0) is 62.5 Å². The number of aliphatic hydroxyl groups is 1. The highest BCUT2D eigenvalue weighted by molar-refractivity contribution is 6.32. The van der Waals surface area contributed by atoms with Crippen molar-refractivity contribution in [3.63, 3.8) is 0 Å². The van der Waals surface area contributed by atoms with E-state index in [4.69, 9.17) is 5.73 Å². The smallest absolute Gasteiger partial charge is 0.235 e. The molecule has 0 bridgehead atoms. The number of ketones is 4. The van der Waals surface area contributed by atoms with Crippen LogP contribution >= 0.6 is 0 Å². The Balaban J connectivity index is 1.79. The number of fused-ring (bicyclic) bond motifs is 3. The summed E-state index contributed by atoms with van der Waals surface area (Å²) in [5.74, 6) is -9.88. The van der Waals surface area contributed by atoms with Crippen LogP contribution in [0.3, 0.4) is 0 Å². The van der Waals surface area contributed by atoms with Crippen LogP contribution in [0.5, 0.6) is 5.75 Å². The highest BCUT2D eigenvalue weighted by Gasteiger charge is 2.69. The van der Waals surface area contributed by atoms with Crippen LogP contribution in [-0.2, 0) is 32.1 Å². The maximum absolute atomic E-state index is 13.8. The molecule has 2 saturated carbocycles. The molecule has 10 heteroatoms. The molecule has 0 saturated heterocycles. The molecule has 36 heavy (non-hydrogen) atoms. The molecule has 4 rings (SSSR count). The summed E-state index contributed by atoms with van der Waals surface area (Å²) in [7, 11) is 3.12. The van der Waals surface area contributed by atoms with Crippen LogP contribution < -0.4 is 11.1 Å². The molecule has 3 aliphatic carbocycles. The fraction of sp³-hybridized carbons (Fsp3) is 0.577. The minimum atomic E-state index is -2.71. The van der Waals surface area contributed by atoms with Crippen LogP contribution in [0.4, 0.5) is 0 Å². The zero-order valence-corrected chi connectivity index (χ0v) is 20.9. The van der Waals surface area contributed by atoms with Gasteiger partial charge in [0.05, 0.1) is 17.5 Å². The monoisotopic (exact) mass is 499 g/mol. The second kappa shape index (κ2) is 9.17. The number of aromatic hydroxyl groups is 1. The van der Waals surface area contributed by atoms with Crippen molar-refractivity contribution in [2.24, 2.45) is 35.3 Å². The predicted molar refractivity (Wildman–Crippen MR) is 128 cm³/mol. The van der Waals surface area contributed by atoms with Gasteiger partial charge in [0, 0.05) is 12.5 Å². The Labute approximate surface area is 209 Å². The number of phenolic OH excluding ortho intramolecular Hbond substituents is 1. The third kappa shape index (κ3) is 3.79. The topological polar surface area (TPSA) is 167 Å². The average molecular weight is 500 g/mol. The average Bonchev–Trinajstić information content (AvgIpc) is 2.77. The van der Waals surface area contributed by atoms with Crippen LogP contribution in [0.1, 0.15) is 41.8 Å². The van der Waals surface area contributed by atoms with Crippen molar-refractivity contribution >= 4 is 29.0 Å². The fourth-order valence-corrected chi connectivity index (χ4v) is 6.33. The Bertz CT molecular complexity index is 1160. The van der Waals surface area contributed by atoms with E-state index in [-0.39, 0.29) is 24.2 Å². The maximum atomic E-state index is 13.8. The standard InChI is InChI=1S/C26H33N3O7/c1-11(2)9-28-10-12-5-6-16(30)18-14(12)7-13-8-15-20(29(3)4)22(32)19(25(27)35)24(34)26(15,36)23(33)17(13)21(18)31/h5-6,11,13,15,17,19-20,28,30,36H,7-10H2,1-4H3,(H2,27,35)/t13-,15-,17?,19?,20?,26-/m0/s1. The van der Waals surface area contributed by atoms with Crippen LogP contribution in [0, 0.1) is 29.6 Å². The number of carbonyl (C=O) groups excluding carboxylic acids is 5. The zero-order valence-electron chi connectivity index (χ0n) is 20.9. The van der Waals surface area contributed by atoms with Crippen molar-refractivity contribution < 1.29 is 34.2 Å². The highest BCUT2D eigenvalue weighted by Crippen LogP contribution is 2.50. The normalized spacial score (nSPS) is 31.9. The van der Waals surface area contributed by atoms with E-state index in [0.717, 1.165) is 12.1 Å². The molecule has 0 radical (unpaired) electrons. The SMILES string of the molecule is CC(C)CNCc1ccc(O)c2c1C[C@H]1C[C@H]3C(N(C)C)C(=O)C(C(N)=O)C(=O)[C@@]3(O)C(=O)C1C2=O. The van der Waals surface area contributed by atoms with E-state index in [9.17, 15) is 34.2 Å². The first-order valence-corrected chi connectivity index (χ1v) is 12.2. The van der Waals surface area contributed by atoms with Gasteiger partial charge in [-0.3, -0.25) is 28.9 Å². The van der Waals surface area contributed by atoms with E-state index in [2.05, 4.69) is 19.2 Å². The van der Waals surface area contributed by atoms with Gasteiger partial charge >= 0.3 is 0 Å². The fourth-order valence-electron chi connectivity index (χ4n) is 6.33. The number of hydrogen-bond acceptors (Lipinski definition) is 9. The minimum absolute atomic E-state index is 0.0189. The molecule has 5 N–H and O–H groups in total. The van der Waals surface area contributed by atoms with Gasteiger partial charge in [0.15, 0.2) is 34.7 Å². The van der Waals surface area contributed by atoms with Crippen molar-refractivity contribution in [3.8, 4) is 5.75 Å². The lowest BCUT2D eigenvalue weighted by atomic mass is 9.52. The quantitative estimate of drug-likeness (QED) is 0.381. The first kappa shape index (κ1) is 26.1. The van der Waals surface area contributed by atoms with Gasteiger partial charge < -0.3 is 21.3 Å². The van der Waals surface area contributed by atoms with Crippen LogP contribution in [0.25, 0.3) is 0 Å². The van der Waals surface area contributed by atoms with Crippen molar-refractivity contribution in [1.82, 2.24) is 10.2 Å². The summed E-state index contributed by atoms with van der Waals surface area (Å²) < 4.78 is 0. The molecular weight excluding hydrogens is 466 g/mol. The summed E-state index contributed by atoms with van der Waals surface area (Å²) in [6, 6.07) is 2.04. The van der Waals surface area contributed by atoms with E-state index in [1.54, 1.807) is 20.2 Å². The first-order valence-electron chi connectivity index (χ1n) is 12.2. The Morgan fingerprint density at radius 2 is 1.86 bits per heavy atom. The summed E-state index contributed by atoms with van der Waals surface area (Å²) >= 11 is 0. The zero-order chi connectivity index (χ0) is 26.7. The molecule has 1 aromatic rings. The lowest BCUT2D eigenvalue weighted by Crippen LogP contribution is -2.74. The lowest BCUT2D eigenvalue weighted by molar-refractivity contribution is -0.181. The first-order chi connectivity index (χ1) is 16.8. The van der Waals surface area contributed by atoms with E-state index in [1.165, 1.54) is 11.0 Å². The van der Waals surface area contributed by atoms with Crippen LogP contribution in [0.2, 0.25) is 0 Å². The summed E-state index contributed by atoms with van der Waals surface area (Å²) in [6.45, 7) is 5.35. The van der Waals surface area contributed by atoms with Crippen molar-refractivity contribution in [3.05, 3.63) is 28.8 Å². The minimum Gasteiger partial charge on any atom is -0.507 e. The lowest BCUT2D eigenvalue weighted by Gasteiger charge is -2.52. The van der Waals surface area contributed by atoms with Crippen molar-refractivity contribution in [2.45, 2.75) is 44.9 Å². The van der Waals surface area contributed by atoms with Crippen LogP contribution in [0.15, 0.2) is 12.1 Å². The third-order valence-electron chi connectivity index (χ3n) is 7.91. The van der Waals surface area contributed by atoms with Gasteiger partial charge in [0.1, 0.15) is 5.75 Å². The van der Waals surface area contributed by atoms with Gasteiger partial charge in [-0.2, -0.15) is 0 Å². The van der Waals surface area contributed by atoms with Gasteiger partial charge in [-0.25, -0.2) is 0 Å². The molecule has 3 aliphatic rings. The number of rotatable bonds is 6. The summed E-state index contributed by atoms with van der Waals surface area (Å²) in [4.78, 5) is 67.3. The van der Waals surface area contributed by atoms with Gasteiger partial charge in [-0.15, -0.1) is 0 Å². The Hall–Kier alpha value is -2.95. The van der Waals surface area contributed by atoms with Crippen molar-refractivity contribution in [2.75, 3.05) is 20.6 Å². The van der Waals surface area contributed by atoms with Gasteiger partial charge in [-0.1, -0.05) is 19.9 Å². The number of carbonyl (C=O) groups is 5. The summed E-state index contributed by atoms with van der Waals surface area (Å²) in [5.41, 5.74) is 4.08. The van der Waals surface area contributed by atoms with Gasteiger partial charge in [0.25, 0.3) is 0 Å². The van der Waals surface area contributed by atoms with E-state index in [0.29, 0.717) is 18.0 Å². The molecule has 0 aromatic heterocycles. The Kier molecular flexibility index (Phi) is 6.65. The number of benzene rings is 1.